The Hall–Kier alpha value is -3.27. The molecule has 4 heteroatoms. The minimum absolute atomic E-state index is 0.0855. The number of para-hydroxylation sites is 1. The van der Waals surface area contributed by atoms with Crippen molar-refractivity contribution in [2.75, 3.05) is 0 Å². The molecule has 23 heavy (non-hydrogen) atoms. The minimum atomic E-state index is -0.387. The van der Waals surface area contributed by atoms with Crippen molar-refractivity contribution in [1.82, 2.24) is 0 Å². The summed E-state index contributed by atoms with van der Waals surface area (Å²) in [6.45, 7) is 0. The molecule has 0 saturated carbocycles. The highest BCUT2D eigenvalue weighted by atomic mass is 16.6. The number of nitro groups is 1. The first-order valence-corrected chi connectivity index (χ1v) is 7.17. The highest BCUT2D eigenvalue weighted by molar-refractivity contribution is 5.94. The third kappa shape index (κ3) is 3.32. The number of aliphatic imine (C=N–C) groups is 1. The first-order chi connectivity index (χ1) is 11.3. The second-order valence-electron chi connectivity index (χ2n) is 4.95. The molecule has 0 aliphatic rings. The van der Waals surface area contributed by atoms with Gasteiger partial charge in [-0.2, -0.15) is 0 Å². The lowest BCUT2D eigenvalue weighted by atomic mass is 10.1. The summed E-state index contributed by atoms with van der Waals surface area (Å²) in [5, 5.41) is 13.2. The molecule has 112 valence electrons. The standard InChI is InChI=1S/C19H14N2O2/c22-21(23)19-13-4-2-8-16(19)10-6-14-20-18-12-5-9-15-7-1-3-11-17(15)18/h1-14H/b10-6+,20-14?. The van der Waals surface area contributed by atoms with Crippen LogP contribution in [-0.4, -0.2) is 11.1 Å². The van der Waals surface area contributed by atoms with Gasteiger partial charge in [0.05, 0.1) is 16.2 Å². The van der Waals surface area contributed by atoms with E-state index in [1.165, 1.54) is 6.07 Å². The predicted molar refractivity (Wildman–Crippen MR) is 94.2 cm³/mol. The van der Waals surface area contributed by atoms with Crippen molar-refractivity contribution in [3.05, 3.63) is 88.5 Å². The van der Waals surface area contributed by atoms with Crippen molar-refractivity contribution in [2.24, 2.45) is 4.99 Å². The Kier molecular flexibility index (Phi) is 4.25. The third-order valence-electron chi connectivity index (χ3n) is 3.48. The van der Waals surface area contributed by atoms with Crippen LogP contribution in [0.2, 0.25) is 0 Å². The van der Waals surface area contributed by atoms with E-state index in [1.54, 1.807) is 36.6 Å². The molecule has 3 aromatic carbocycles. The molecule has 0 unspecified atom stereocenters. The van der Waals surface area contributed by atoms with Gasteiger partial charge in [-0.15, -0.1) is 0 Å². The molecule has 0 heterocycles. The lowest BCUT2D eigenvalue weighted by Gasteiger charge is -2.00. The fourth-order valence-corrected chi connectivity index (χ4v) is 2.39. The first kappa shape index (κ1) is 14.7. The van der Waals surface area contributed by atoms with Crippen molar-refractivity contribution in [2.45, 2.75) is 0 Å². The molecule has 0 amide bonds. The zero-order chi connectivity index (χ0) is 16.1. The molecule has 4 nitrogen and oxygen atoms in total. The molecule has 0 aliphatic carbocycles. The van der Waals surface area contributed by atoms with Crippen LogP contribution in [0.4, 0.5) is 11.4 Å². The van der Waals surface area contributed by atoms with Gasteiger partial charge in [0, 0.05) is 17.7 Å². The summed E-state index contributed by atoms with van der Waals surface area (Å²) in [7, 11) is 0. The van der Waals surface area contributed by atoms with E-state index in [9.17, 15) is 10.1 Å². The second-order valence-corrected chi connectivity index (χ2v) is 4.95. The van der Waals surface area contributed by atoms with E-state index < -0.39 is 0 Å². The first-order valence-electron chi connectivity index (χ1n) is 7.17. The fraction of sp³-hybridized carbons (Fsp3) is 0. The molecule has 3 aromatic rings. The molecular formula is C19H14N2O2. The summed E-state index contributed by atoms with van der Waals surface area (Å²) in [4.78, 5) is 15.0. The zero-order valence-electron chi connectivity index (χ0n) is 12.3. The van der Waals surface area contributed by atoms with Gasteiger partial charge in [0.1, 0.15) is 0 Å². The van der Waals surface area contributed by atoms with Crippen LogP contribution in [0.3, 0.4) is 0 Å². The number of hydrogen-bond donors (Lipinski definition) is 0. The molecule has 0 fully saturated rings. The van der Waals surface area contributed by atoms with Crippen LogP contribution in [0.25, 0.3) is 16.8 Å². The smallest absolute Gasteiger partial charge is 0.258 e. The van der Waals surface area contributed by atoms with Gasteiger partial charge in [-0.05, 0) is 29.7 Å². The van der Waals surface area contributed by atoms with Gasteiger partial charge in [-0.1, -0.05) is 48.5 Å². The maximum Gasteiger partial charge on any atom is 0.276 e. The SMILES string of the molecule is O=[N+]([O-])c1ccccc1/C=C/C=Nc1cccc2ccccc12. The molecule has 3 rings (SSSR count). The normalized spacial score (nSPS) is 11.5. The number of fused-ring (bicyclic) bond motifs is 1. The van der Waals surface area contributed by atoms with Gasteiger partial charge < -0.3 is 0 Å². The number of rotatable bonds is 4. The Morgan fingerprint density at radius 2 is 1.65 bits per heavy atom. The van der Waals surface area contributed by atoms with E-state index in [1.807, 2.05) is 42.5 Å². The predicted octanol–water partition coefficient (Wildman–Crippen LogP) is 5.16. The monoisotopic (exact) mass is 302 g/mol. The van der Waals surface area contributed by atoms with Crippen LogP contribution in [0.5, 0.6) is 0 Å². The molecule has 0 spiro atoms. The van der Waals surface area contributed by atoms with E-state index >= 15 is 0 Å². The third-order valence-corrected chi connectivity index (χ3v) is 3.48. The molecule has 0 atom stereocenters. The fourth-order valence-electron chi connectivity index (χ4n) is 2.39. The topological polar surface area (TPSA) is 55.5 Å². The summed E-state index contributed by atoms with van der Waals surface area (Å²) in [5.74, 6) is 0. The summed E-state index contributed by atoms with van der Waals surface area (Å²) >= 11 is 0. The molecule has 0 aliphatic heterocycles. The Morgan fingerprint density at radius 3 is 2.52 bits per heavy atom. The molecule has 0 saturated heterocycles. The number of benzene rings is 3. The maximum absolute atomic E-state index is 11.0. The summed E-state index contributed by atoms with van der Waals surface area (Å²) in [6, 6.07) is 20.6. The lowest BCUT2D eigenvalue weighted by Crippen LogP contribution is -1.90. The number of hydrogen-bond acceptors (Lipinski definition) is 3. The summed E-state index contributed by atoms with van der Waals surface area (Å²) in [6.07, 6.45) is 5.05. The van der Waals surface area contributed by atoms with E-state index in [0.717, 1.165) is 16.5 Å². The van der Waals surface area contributed by atoms with Gasteiger partial charge in [0.2, 0.25) is 0 Å². The lowest BCUT2D eigenvalue weighted by molar-refractivity contribution is -0.385. The van der Waals surface area contributed by atoms with Crippen molar-refractivity contribution >= 4 is 34.4 Å². The van der Waals surface area contributed by atoms with Gasteiger partial charge in [0.15, 0.2) is 0 Å². The maximum atomic E-state index is 11.0. The zero-order valence-corrected chi connectivity index (χ0v) is 12.3. The number of nitrogens with zero attached hydrogens (tertiary/aromatic N) is 2. The second kappa shape index (κ2) is 6.66. The Bertz CT molecular complexity index is 909. The van der Waals surface area contributed by atoms with Gasteiger partial charge in [0.25, 0.3) is 5.69 Å². The van der Waals surface area contributed by atoms with Crippen LogP contribution in [0.15, 0.2) is 77.8 Å². The number of nitro benzene ring substituents is 1. The van der Waals surface area contributed by atoms with Crippen LogP contribution < -0.4 is 0 Å². The summed E-state index contributed by atoms with van der Waals surface area (Å²) in [5.41, 5.74) is 1.51. The van der Waals surface area contributed by atoms with Gasteiger partial charge in [-0.3, -0.25) is 15.1 Å². The van der Waals surface area contributed by atoms with E-state index in [2.05, 4.69) is 4.99 Å². The largest absolute Gasteiger partial charge is 0.276 e. The minimum Gasteiger partial charge on any atom is -0.258 e. The molecular weight excluding hydrogens is 288 g/mol. The van der Waals surface area contributed by atoms with Crippen LogP contribution in [0.1, 0.15) is 5.56 Å². The van der Waals surface area contributed by atoms with E-state index in [-0.39, 0.29) is 10.6 Å². The van der Waals surface area contributed by atoms with Crippen LogP contribution in [-0.2, 0) is 0 Å². The quantitative estimate of drug-likeness (QED) is 0.379. The average Bonchev–Trinajstić information content (AvgIpc) is 2.59. The van der Waals surface area contributed by atoms with Crippen molar-refractivity contribution < 1.29 is 4.92 Å². The highest BCUT2D eigenvalue weighted by Gasteiger charge is 2.08. The van der Waals surface area contributed by atoms with Crippen molar-refractivity contribution in [3.63, 3.8) is 0 Å². The van der Waals surface area contributed by atoms with Crippen molar-refractivity contribution in [3.8, 4) is 0 Å². The summed E-state index contributed by atoms with van der Waals surface area (Å²) < 4.78 is 0. The Balaban J connectivity index is 1.85. The van der Waals surface area contributed by atoms with E-state index in [4.69, 9.17) is 0 Å². The van der Waals surface area contributed by atoms with E-state index in [0.29, 0.717) is 5.56 Å². The molecule has 0 radical (unpaired) electrons. The number of allylic oxidation sites excluding steroid dienone is 1. The van der Waals surface area contributed by atoms with Gasteiger partial charge >= 0.3 is 0 Å². The van der Waals surface area contributed by atoms with Gasteiger partial charge in [-0.25, -0.2) is 0 Å². The molecule has 0 N–H and O–H groups in total. The highest BCUT2D eigenvalue weighted by Crippen LogP contribution is 2.25. The van der Waals surface area contributed by atoms with Crippen LogP contribution >= 0.6 is 0 Å². The Morgan fingerprint density at radius 1 is 0.913 bits per heavy atom. The average molecular weight is 302 g/mol. The molecule has 0 aromatic heterocycles. The van der Waals surface area contributed by atoms with Crippen LogP contribution in [0, 0.1) is 10.1 Å². The molecule has 0 bridgehead atoms. The van der Waals surface area contributed by atoms with Crippen molar-refractivity contribution in [1.29, 1.82) is 0 Å². The Labute approximate surface area is 133 Å².